The highest BCUT2D eigenvalue weighted by Crippen LogP contribution is 2.09. The Kier molecular flexibility index (Phi) is 5.33. The van der Waals surface area contributed by atoms with E-state index in [9.17, 15) is 8.42 Å². The van der Waals surface area contributed by atoms with Crippen molar-refractivity contribution in [1.29, 1.82) is 0 Å². The van der Waals surface area contributed by atoms with E-state index in [1.165, 1.54) is 12.1 Å². The highest BCUT2D eigenvalue weighted by molar-refractivity contribution is 7.81. The van der Waals surface area contributed by atoms with Crippen LogP contribution in [0, 0.1) is 0 Å². The molecule has 1 rings (SSSR count). The molecule has 8 nitrogen and oxygen atoms in total. The molecule has 0 aliphatic carbocycles. The van der Waals surface area contributed by atoms with Crippen LogP contribution in [0.1, 0.15) is 0 Å². The smallest absolute Gasteiger partial charge is 0.362 e. The summed E-state index contributed by atoms with van der Waals surface area (Å²) in [6, 6.07) is 7.75. The van der Waals surface area contributed by atoms with Crippen molar-refractivity contribution in [2.75, 3.05) is 0 Å². The molecule has 1 aromatic rings. The van der Waals surface area contributed by atoms with Gasteiger partial charge in [0, 0.05) is 0 Å². The molecule has 0 aliphatic rings. The first-order valence-electron chi connectivity index (χ1n) is 3.50. The molecule has 10 heteroatoms. The second-order valence-electron chi connectivity index (χ2n) is 2.27. The first kappa shape index (κ1) is 14.8. The van der Waals surface area contributed by atoms with E-state index >= 15 is 0 Å². The van der Waals surface area contributed by atoms with Gasteiger partial charge >= 0.3 is 20.8 Å². The molecule has 0 atom stereocenters. The van der Waals surface area contributed by atoms with Gasteiger partial charge in [0.2, 0.25) is 0 Å². The van der Waals surface area contributed by atoms with Crippen LogP contribution in [0.5, 0.6) is 5.75 Å². The summed E-state index contributed by atoms with van der Waals surface area (Å²) in [6.07, 6.45) is 0. The van der Waals surface area contributed by atoms with E-state index in [0.717, 1.165) is 0 Å². The van der Waals surface area contributed by atoms with E-state index in [1.54, 1.807) is 18.2 Å². The van der Waals surface area contributed by atoms with Crippen molar-refractivity contribution < 1.29 is 34.7 Å². The van der Waals surface area contributed by atoms with E-state index in [0.29, 0.717) is 0 Å². The molecular weight excluding hydrogens is 264 g/mol. The molecule has 0 saturated heterocycles. The zero-order valence-electron chi connectivity index (χ0n) is 7.59. The minimum Gasteiger partial charge on any atom is -0.362 e. The van der Waals surface area contributed by atoms with Gasteiger partial charge < -0.3 is 4.18 Å². The van der Waals surface area contributed by atoms with Crippen molar-refractivity contribution in [3.05, 3.63) is 30.3 Å². The molecule has 0 amide bonds. The Morgan fingerprint density at radius 3 is 1.56 bits per heavy atom. The van der Waals surface area contributed by atoms with Gasteiger partial charge in [0.05, 0.1) is 0 Å². The Bertz CT molecular complexity index is 495. The number of hydrogen-bond donors (Lipinski definition) is 3. The molecule has 0 fully saturated rings. The summed E-state index contributed by atoms with van der Waals surface area (Å²) in [5.74, 6) is 0.0926. The fourth-order valence-electron chi connectivity index (χ4n) is 0.598. The third-order valence-corrected chi connectivity index (χ3v) is 1.35. The quantitative estimate of drug-likeness (QED) is 0.649. The summed E-state index contributed by atoms with van der Waals surface area (Å²) < 4.78 is 64.2. The molecule has 0 spiro atoms. The van der Waals surface area contributed by atoms with Gasteiger partial charge in [0.1, 0.15) is 5.75 Å². The molecule has 0 radical (unpaired) electrons. The van der Waals surface area contributed by atoms with E-state index in [-0.39, 0.29) is 5.75 Å². The highest BCUT2D eigenvalue weighted by atomic mass is 32.3. The summed E-state index contributed by atoms with van der Waals surface area (Å²) in [5, 5.41) is 0. The van der Waals surface area contributed by atoms with Gasteiger partial charge in [0.25, 0.3) is 0 Å². The minimum absolute atomic E-state index is 0.0926. The number of hydrogen-bond acceptors (Lipinski definition) is 5. The van der Waals surface area contributed by atoms with Gasteiger partial charge in [-0.25, -0.2) is 0 Å². The van der Waals surface area contributed by atoms with Crippen LogP contribution in [-0.4, -0.2) is 30.5 Å². The van der Waals surface area contributed by atoms with Crippen molar-refractivity contribution in [3.8, 4) is 5.75 Å². The largest absolute Gasteiger partial charge is 0.446 e. The zero-order valence-corrected chi connectivity index (χ0v) is 9.22. The fraction of sp³-hybridized carbons (Fsp3) is 0. The molecule has 0 aromatic heterocycles. The molecule has 0 saturated carbocycles. The number of benzene rings is 1. The predicted octanol–water partition coefficient (Wildman–Crippen LogP) is 0.215. The molecule has 3 N–H and O–H groups in total. The molecule has 92 valence electrons. The maximum Gasteiger partial charge on any atom is 0.446 e. The third-order valence-electron chi connectivity index (χ3n) is 0.945. The first-order valence-corrected chi connectivity index (χ1v) is 6.26. The number of para-hydroxylation sites is 1. The lowest BCUT2D eigenvalue weighted by molar-refractivity contribution is 0.380. The Labute approximate surface area is 92.0 Å². The van der Waals surface area contributed by atoms with Crippen molar-refractivity contribution in [3.63, 3.8) is 0 Å². The van der Waals surface area contributed by atoms with E-state index in [2.05, 4.69) is 4.18 Å². The monoisotopic (exact) mass is 272 g/mol. The first-order chi connectivity index (χ1) is 7.08. The number of rotatable bonds is 2. The van der Waals surface area contributed by atoms with Crippen LogP contribution in [0.15, 0.2) is 30.3 Å². The Hall–Kier alpha value is -1.20. The molecule has 0 heterocycles. The maximum atomic E-state index is 10.1. The van der Waals surface area contributed by atoms with Gasteiger partial charge in [0.15, 0.2) is 0 Å². The Balaban J connectivity index is 0.000000385. The minimum atomic E-state index is -4.67. The Morgan fingerprint density at radius 1 is 0.875 bits per heavy atom. The van der Waals surface area contributed by atoms with Crippen molar-refractivity contribution in [2.24, 2.45) is 0 Å². The van der Waals surface area contributed by atoms with Gasteiger partial charge in [-0.2, -0.15) is 16.8 Å². The van der Waals surface area contributed by atoms with Crippen molar-refractivity contribution >= 4 is 20.8 Å². The molecular formula is C6H8O8S2. The average Bonchev–Trinajstić information content (AvgIpc) is 1.99. The van der Waals surface area contributed by atoms with Gasteiger partial charge in [-0.05, 0) is 12.1 Å². The van der Waals surface area contributed by atoms with Crippen LogP contribution >= 0.6 is 0 Å². The van der Waals surface area contributed by atoms with Crippen LogP contribution in [-0.2, 0) is 20.8 Å². The molecule has 0 aliphatic heterocycles. The summed E-state index contributed by atoms with van der Waals surface area (Å²) in [5.41, 5.74) is 0. The van der Waals surface area contributed by atoms with Crippen LogP contribution in [0.2, 0.25) is 0 Å². The average molecular weight is 272 g/mol. The molecule has 0 bridgehead atoms. The van der Waals surface area contributed by atoms with Gasteiger partial charge in [-0.15, -0.1) is 0 Å². The highest BCUT2D eigenvalue weighted by Gasteiger charge is 2.04. The van der Waals surface area contributed by atoms with Gasteiger partial charge in [-0.3, -0.25) is 13.7 Å². The second-order valence-corrected chi connectivity index (χ2v) is 4.19. The summed E-state index contributed by atoms with van der Waals surface area (Å²) in [6.45, 7) is 0. The molecule has 16 heavy (non-hydrogen) atoms. The summed E-state index contributed by atoms with van der Waals surface area (Å²) in [4.78, 5) is 0. The lowest BCUT2D eigenvalue weighted by atomic mass is 10.3. The van der Waals surface area contributed by atoms with Crippen molar-refractivity contribution in [1.82, 2.24) is 0 Å². The lowest BCUT2D eigenvalue weighted by Crippen LogP contribution is -2.06. The van der Waals surface area contributed by atoms with Crippen LogP contribution in [0.4, 0.5) is 0 Å². The SMILES string of the molecule is O=S(=O)(O)O.O=S(=O)(O)Oc1ccccc1. The topological polar surface area (TPSA) is 138 Å². The standard InChI is InChI=1S/C6H6O4S.H2O4S/c7-11(8,9)10-6-4-2-1-3-5-6;1-5(2,3)4/h1-5H,(H,7,8,9);(H2,1,2,3,4). The third kappa shape index (κ3) is 12.8. The second kappa shape index (κ2) is 5.77. The maximum absolute atomic E-state index is 10.1. The van der Waals surface area contributed by atoms with E-state index in [4.69, 9.17) is 22.1 Å². The predicted molar refractivity (Wildman–Crippen MR) is 52.8 cm³/mol. The molecule has 1 aromatic carbocycles. The summed E-state index contributed by atoms with van der Waals surface area (Å²) in [7, 11) is -9.04. The van der Waals surface area contributed by atoms with E-state index < -0.39 is 20.8 Å². The van der Waals surface area contributed by atoms with Crippen LogP contribution in [0.3, 0.4) is 0 Å². The van der Waals surface area contributed by atoms with Crippen LogP contribution < -0.4 is 4.18 Å². The Morgan fingerprint density at radius 2 is 1.25 bits per heavy atom. The van der Waals surface area contributed by atoms with Crippen LogP contribution in [0.25, 0.3) is 0 Å². The summed E-state index contributed by atoms with van der Waals surface area (Å²) >= 11 is 0. The van der Waals surface area contributed by atoms with E-state index in [1.807, 2.05) is 0 Å². The normalized spacial score (nSPS) is 11.2. The molecule has 0 unspecified atom stereocenters. The van der Waals surface area contributed by atoms with Crippen molar-refractivity contribution in [2.45, 2.75) is 0 Å². The zero-order chi connectivity index (χ0) is 12.8. The fourth-order valence-corrected chi connectivity index (χ4v) is 0.952. The van der Waals surface area contributed by atoms with Gasteiger partial charge in [-0.1, -0.05) is 18.2 Å². The lowest BCUT2D eigenvalue weighted by Gasteiger charge is -1.98.